The van der Waals surface area contributed by atoms with Crippen LogP contribution in [-0.2, 0) is 19.3 Å². The van der Waals surface area contributed by atoms with Gasteiger partial charge < -0.3 is 5.11 Å². The molecule has 96 valence electrons. The first kappa shape index (κ1) is 13.2. The van der Waals surface area contributed by atoms with E-state index in [0.717, 1.165) is 29.0 Å². The quantitative estimate of drug-likeness (QED) is 0.901. The number of nitrogens with zero attached hydrogens (tertiary/aromatic N) is 2. The van der Waals surface area contributed by atoms with E-state index in [4.69, 9.17) is 0 Å². The van der Waals surface area contributed by atoms with E-state index >= 15 is 0 Å². The van der Waals surface area contributed by atoms with Gasteiger partial charge in [-0.25, -0.2) is 0 Å². The van der Waals surface area contributed by atoms with Crippen LogP contribution in [0.2, 0.25) is 0 Å². The molecule has 0 bridgehead atoms. The van der Waals surface area contributed by atoms with Gasteiger partial charge in [0.15, 0.2) is 0 Å². The number of aliphatic hydroxyl groups excluding tert-OH is 1. The molecule has 1 aromatic heterocycles. The van der Waals surface area contributed by atoms with Crippen molar-refractivity contribution in [1.29, 1.82) is 0 Å². The molecule has 0 aliphatic rings. The van der Waals surface area contributed by atoms with E-state index in [2.05, 4.69) is 40.8 Å². The fraction of sp³-hybridized carbons (Fsp3) is 0.429. The predicted molar refractivity (Wildman–Crippen MR) is 73.8 cm³/mol. The molecule has 18 heavy (non-hydrogen) atoms. The standard InChI is InChI=1S/C14H18N2OS/c1-3-10-5-7-11(8-6-10)9-13(17)14-12(4-2)15-16-18-14/h5-8,13,17H,3-4,9H2,1-2H3. The maximum absolute atomic E-state index is 10.2. The highest BCUT2D eigenvalue weighted by molar-refractivity contribution is 7.05. The summed E-state index contributed by atoms with van der Waals surface area (Å²) in [6.45, 7) is 4.17. The van der Waals surface area contributed by atoms with Crippen molar-refractivity contribution in [1.82, 2.24) is 9.59 Å². The second-order valence-electron chi connectivity index (χ2n) is 4.33. The summed E-state index contributed by atoms with van der Waals surface area (Å²) in [6.07, 6.45) is 1.99. The van der Waals surface area contributed by atoms with E-state index in [9.17, 15) is 5.11 Å². The van der Waals surface area contributed by atoms with Crippen molar-refractivity contribution in [3.63, 3.8) is 0 Å². The molecule has 3 nitrogen and oxygen atoms in total. The van der Waals surface area contributed by atoms with Gasteiger partial charge in [-0.05, 0) is 35.5 Å². The lowest BCUT2D eigenvalue weighted by Crippen LogP contribution is -2.02. The number of hydrogen-bond donors (Lipinski definition) is 1. The van der Waals surface area contributed by atoms with Crippen molar-refractivity contribution in [3.8, 4) is 0 Å². The topological polar surface area (TPSA) is 46.0 Å². The van der Waals surface area contributed by atoms with Crippen molar-refractivity contribution in [3.05, 3.63) is 46.0 Å². The molecule has 1 N–H and O–H groups in total. The number of aryl methyl sites for hydroxylation is 2. The first-order valence-corrected chi connectivity index (χ1v) is 7.09. The molecule has 1 aromatic carbocycles. The Morgan fingerprint density at radius 2 is 1.78 bits per heavy atom. The van der Waals surface area contributed by atoms with E-state index in [1.165, 1.54) is 17.1 Å². The molecule has 1 unspecified atom stereocenters. The van der Waals surface area contributed by atoms with Crippen molar-refractivity contribution in [2.24, 2.45) is 0 Å². The third-order valence-electron chi connectivity index (χ3n) is 3.08. The Kier molecular flexibility index (Phi) is 4.44. The van der Waals surface area contributed by atoms with Crippen molar-refractivity contribution in [2.75, 3.05) is 0 Å². The molecule has 0 radical (unpaired) electrons. The maximum atomic E-state index is 10.2. The summed E-state index contributed by atoms with van der Waals surface area (Å²) < 4.78 is 3.91. The normalized spacial score (nSPS) is 12.6. The summed E-state index contributed by atoms with van der Waals surface area (Å²) in [5, 5.41) is 14.3. The summed E-state index contributed by atoms with van der Waals surface area (Å²) in [4.78, 5) is 0.900. The smallest absolute Gasteiger partial charge is 0.0957 e. The van der Waals surface area contributed by atoms with Crippen LogP contribution in [-0.4, -0.2) is 14.7 Å². The molecule has 2 aromatic rings. The van der Waals surface area contributed by atoms with Gasteiger partial charge in [-0.15, -0.1) is 5.10 Å². The Balaban J connectivity index is 2.08. The van der Waals surface area contributed by atoms with Gasteiger partial charge in [-0.3, -0.25) is 0 Å². The number of aromatic nitrogens is 2. The van der Waals surface area contributed by atoms with Crippen LogP contribution in [0.4, 0.5) is 0 Å². The summed E-state index contributed by atoms with van der Waals surface area (Å²) >= 11 is 1.30. The van der Waals surface area contributed by atoms with Gasteiger partial charge in [-0.1, -0.05) is 42.6 Å². The summed E-state index contributed by atoms with van der Waals surface area (Å²) in [7, 11) is 0. The number of rotatable bonds is 5. The molecule has 0 amide bonds. The lowest BCUT2D eigenvalue weighted by atomic mass is 10.0. The number of aliphatic hydroxyl groups is 1. The second-order valence-corrected chi connectivity index (χ2v) is 5.11. The van der Waals surface area contributed by atoms with Gasteiger partial charge in [0.05, 0.1) is 16.7 Å². The zero-order valence-corrected chi connectivity index (χ0v) is 11.6. The Bertz CT molecular complexity index is 493. The molecule has 0 aliphatic carbocycles. The van der Waals surface area contributed by atoms with Crippen molar-refractivity contribution in [2.45, 2.75) is 39.2 Å². The fourth-order valence-electron chi connectivity index (χ4n) is 1.94. The molecule has 0 saturated carbocycles. The Morgan fingerprint density at radius 1 is 1.11 bits per heavy atom. The van der Waals surface area contributed by atoms with Crippen molar-refractivity contribution >= 4 is 11.5 Å². The average molecular weight is 262 g/mol. The molecule has 0 saturated heterocycles. The fourth-order valence-corrected chi connectivity index (χ4v) is 2.66. The Morgan fingerprint density at radius 3 is 2.39 bits per heavy atom. The largest absolute Gasteiger partial charge is 0.387 e. The SMILES string of the molecule is CCc1ccc(CC(O)c2snnc2CC)cc1. The van der Waals surface area contributed by atoms with E-state index in [1.807, 2.05) is 6.92 Å². The molecule has 0 fully saturated rings. The van der Waals surface area contributed by atoms with E-state index < -0.39 is 6.10 Å². The average Bonchev–Trinajstić information content (AvgIpc) is 2.88. The first-order chi connectivity index (χ1) is 8.74. The van der Waals surface area contributed by atoms with Crippen LogP contribution in [0.25, 0.3) is 0 Å². The van der Waals surface area contributed by atoms with Crippen LogP contribution in [0.1, 0.15) is 41.6 Å². The lowest BCUT2D eigenvalue weighted by molar-refractivity contribution is 0.181. The third kappa shape index (κ3) is 2.94. The van der Waals surface area contributed by atoms with Crippen LogP contribution in [0.15, 0.2) is 24.3 Å². The molecule has 2 rings (SSSR count). The van der Waals surface area contributed by atoms with Gasteiger partial charge in [-0.2, -0.15) is 0 Å². The van der Waals surface area contributed by atoms with Crippen LogP contribution < -0.4 is 0 Å². The predicted octanol–water partition coefficient (Wildman–Crippen LogP) is 2.94. The van der Waals surface area contributed by atoms with Crippen LogP contribution in [0.5, 0.6) is 0 Å². The van der Waals surface area contributed by atoms with Crippen LogP contribution >= 0.6 is 11.5 Å². The molecule has 0 spiro atoms. The van der Waals surface area contributed by atoms with Crippen LogP contribution in [0.3, 0.4) is 0 Å². The highest BCUT2D eigenvalue weighted by atomic mass is 32.1. The van der Waals surface area contributed by atoms with Gasteiger partial charge in [0, 0.05) is 6.42 Å². The lowest BCUT2D eigenvalue weighted by Gasteiger charge is -2.09. The number of benzene rings is 1. The van der Waals surface area contributed by atoms with Gasteiger partial charge >= 0.3 is 0 Å². The molecule has 1 heterocycles. The highest BCUT2D eigenvalue weighted by Gasteiger charge is 2.16. The molecule has 0 aliphatic heterocycles. The van der Waals surface area contributed by atoms with Gasteiger partial charge in [0.1, 0.15) is 0 Å². The van der Waals surface area contributed by atoms with Crippen LogP contribution in [0, 0.1) is 0 Å². The summed E-state index contributed by atoms with van der Waals surface area (Å²) in [5.74, 6) is 0. The minimum absolute atomic E-state index is 0.493. The van der Waals surface area contributed by atoms with Gasteiger partial charge in [0.2, 0.25) is 0 Å². The monoisotopic (exact) mass is 262 g/mol. The molecular formula is C14H18N2OS. The molecule has 4 heteroatoms. The summed E-state index contributed by atoms with van der Waals surface area (Å²) in [5.41, 5.74) is 3.38. The molecule has 1 atom stereocenters. The first-order valence-electron chi connectivity index (χ1n) is 6.31. The van der Waals surface area contributed by atoms with Gasteiger partial charge in [0.25, 0.3) is 0 Å². The zero-order chi connectivity index (χ0) is 13.0. The third-order valence-corrected chi connectivity index (χ3v) is 3.95. The number of hydrogen-bond acceptors (Lipinski definition) is 4. The van der Waals surface area contributed by atoms with E-state index in [0.29, 0.717) is 6.42 Å². The Labute approximate surface area is 112 Å². The Hall–Kier alpha value is -1.26. The van der Waals surface area contributed by atoms with E-state index in [1.54, 1.807) is 0 Å². The minimum atomic E-state index is -0.493. The maximum Gasteiger partial charge on any atom is 0.0957 e. The second kappa shape index (κ2) is 6.07. The molecular weight excluding hydrogens is 244 g/mol. The summed E-state index contributed by atoms with van der Waals surface area (Å²) in [6, 6.07) is 8.41. The zero-order valence-electron chi connectivity index (χ0n) is 10.8. The van der Waals surface area contributed by atoms with Crippen molar-refractivity contribution < 1.29 is 5.11 Å². The van der Waals surface area contributed by atoms with E-state index in [-0.39, 0.29) is 0 Å². The highest BCUT2D eigenvalue weighted by Crippen LogP contribution is 2.24. The minimum Gasteiger partial charge on any atom is -0.387 e.